The number of hydrazine groups is 1. The Hall–Kier alpha value is -1.10. The Kier molecular flexibility index (Phi) is 2.43. The van der Waals surface area contributed by atoms with Crippen molar-refractivity contribution in [2.75, 3.05) is 0 Å². The van der Waals surface area contributed by atoms with Crippen LogP contribution < -0.4 is 10.9 Å². The molecule has 1 atom stereocenters. The van der Waals surface area contributed by atoms with Crippen LogP contribution in [-0.4, -0.2) is 17.6 Å². The van der Waals surface area contributed by atoms with Crippen molar-refractivity contribution in [1.82, 2.24) is 10.9 Å². The molecule has 3 N–H and O–H groups in total. The van der Waals surface area contributed by atoms with E-state index in [0.29, 0.717) is 0 Å². The zero-order chi connectivity index (χ0) is 8.27. The van der Waals surface area contributed by atoms with E-state index < -0.39 is 12.5 Å². The van der Waals surface area contributed by atoms with Crippen LogP contribution in [0.15, 0.2) is 17.8 Å². The van der Waals surface area contributed by atoms with Crippen molar-refractivity contribution in [3.8, 4) is 0 Å². The van der Waals surface area contributed by atoms with E-state index in [9.17, 15) is 8.78 Å². The Bertz CT molecular complexity index is 191. The summed E-state index contributed by atoms with van der Waals surface area (Å²) in [6, 6.07) is 0. The summed E-state index contributed by atoms with van der Waals surface area (Å²) in [5, 5.41) is 8.78. The smallest absolute Gasteiger partial charge is 0.269 e. The average molecular weight is 161 g/mol. The lowest BCUT2D eigenvalue weighted by Gasteiger charge is -2.17. The first kappa shape index (κ1) is 8.00. The number of nitrogens with one attached hydrogen (secondary N) is 2. The fourth-order valence-electron chi connectivity index (χ4n) is 0.631. The van der Waals surface area contributed by atoms with Crippen LogP contribution in [0.25, 0.3) is 0 Å². The average Bonchev–Trinajstić information content (AvgIpc) is 2.05. The molecule has 1 rings (SSSR count). The lowest BCUT2D eigenvalue weighted by molar-refractivity contribution is 0.0129. The third kappa shape index (κ3) is 1.91. The molecule has 0 aromatic heterocycles. The molecule has 0 aromatic rings. The molecule has 1 aliphatic heterocycles. The van der Waals surface area contributed by atoms with Crippen molar-refractivity contribution in [2.24, 2.45) is 0 Å². The molecule has 3 nitrogen and oxygen atoms in total. The van der Waals surface area contributed by atoms with Gasteiger partial charge in [0.15, 0.2) is 6.10 Å². The van der Waals surface area contributed by atoms with Gasteiger partial charge in [0, 0.05) is 0 Å². The van der Waals surface area contributed by atoms with Gasteiger partial charge in [0.25, 0.3) is 6.43 Å². The van der Waals surface area contributed by atoms with Crippen molar-refractivity contribution in [3.05, 3.63) is 24.0 Å². The molecule has 11 heavy (non-hydrogen) atoms. The van der Waals surface area contributed by atoms with Gasteiger partial charge in [-0.25, -0.2) is 8.78 Å². The highest BCUT2D eigenvalue weighted by Gasteiger charge is 2.21. The van der Waals surface area contributed by atoms with Gasteiger partial charge in [-0.15, -0.1) is 0 Å². The second kappa shape index (κ2) is 3.34. The van der Waals surface area contributed by atoms with Crippen molar-refractivity contribution < 1.29 is 13.9 Å². The first-order valence-electron chi connectivity index (χ1n) is 2.98. The maximum Gasteiger partial charge on any atom is 0.269 e. The van der Waals surface area contributed by atoms with Gasteiger partial charge in [-0.3, -0.25) is 5.43 Å². The molecule has 61 valence electrons. The topological polar surface area (TPSA) is 44.3 Å². The number of rotatable bonds is 2. The number of hydrogen-bond donors (Lipinski definition) is 3. The zero-order valence-corrected chi connectivity index (χ0v) is 5.51. The van der Waals surface area contributed by atoms with E-state index in [1.165, 1.54) is 12.2 Å². The van der Waals surface area contributed by atoms with Crippen LogP contribution in [0.2, 0.25) is 0 Å². The second-order valence-electron chi connectivity index (χ2n) is 1.96. The van der Waals surface area contributed by atoms with E-state index in [4.69, 9.17) is 5.11 Å². The SMILES string of the molecule is OC(C1=CC=[C]NN1)C(F)F. The van der Waals surface area contributed by atoms with Gasteiger partial charge < -0.3 is 10.5 Å². The lowest BCUT2D eigenvalue weighted by atomic mass is 10.2. The van der Waals surface area contributed by atoms with Gasteiger partial charge in [0.05, 0.1) is 11.9 Å². The number of aliphatic hydroxyl groups is 1. The Balaban J connectivity index is 2.58. The maximum atomic E-state index is 11.8. The van der Waals surface area contributed by atoms with Crippen molar-refractivity contribution in [2.45, 2.75) is 12.5 Å². The molecule has 1 radical (unpaired) electrons. The van der Waals surface area contributed by atoms with Crippen LogP contribution in [0.5, 0.6) is 0 Å². The fraction of sp³-hybridized carbons (Fsp3) is 0.333. The standard InChI is InChI=1S/C6H7F2N2O/c7-6(8)5(11)4-2-1-3-9-10-4/h1-2,5-6,9-11H. The summed E-state index contributed by atoms with van der Waals surface area (Å²) in [5.41, 5.74) is 4.73. The van der Waals surface area contributed by atoms with Gasteiger partial charge in [-0.1, -0.05) is 0 Å². The number of allylic oxidation sites excluding steroid dienone is 2. The van der Waals surface area contributed by atoms with Crippen LogP contribution in [0.4, 0.5) is 8.78 Å². The Labute approximate surface area is 62.4 Å². The minimum atomic E-state index is -2.78. The van der Waals surface area contributed by atoms with Crippen LogP contribution in [0.1, 0.15) is 0 Å². The van der Waals surface area contributed by atoms with Crippen LogP contribution in [-0.2, 0) is 0 Å². The highest BCUT2D eigenvalue weighted by atomic mass is 19.3. The summed E-state index contributed by atoms with van der Waals surface area (Å²) in [4.78, 5) is 0. The van der Waals surface area contributed by atoms with Crippen molar-refractivity contribution in [3.63, 3.8) is 0 Å². The predicted octanol–water partition coefficient (Wildman–Crippen LogP) is -0.0790. The normalized spacial score (nSPS) is 18.7. The van der Waals surface area contributed by atoms with Crippen molar-refractivity contribution >= 4 is 0 Å². The van der Waals surface area contributed by atoms with E-state index in [1.54, 1.807) is 0 Å². The highest BCUT2D eigenvalue weighted by molar-refractivity contribution is 5.16. The summed E-state index contributed by atoms with van der Waals surface area (Å²) in [7, 11) is 0. The molecule has 5 heteroatoms. The summed E-state index contributed by atoms with van der Waals surface area (Å²) in [5.74, 6) is 0. The van der Waals surface area contributed by atoms with E-state index >= 15 is 0 Å². The zero-order valence-electron chi connectivity index (χ0n) is 5.51. The molecule has 0 bridgehead atoms. The maximum absolute atomic E-state index is 11.8. The highest BCUT2D eigenvalue weighted by Crippen LogP contribution is 2.09. The molecule has 1 unspecified atom stereocenters. The van der Waals surface area contributed by atoms with Gasteiger partial charge >= 0.3 is 0 Å². The second-order valence-corrected chi connectivity index (χ2v) is 1.96. The first-order chi connectivity index (χ1) is 5.22. The lowest BCUT2D eigenvalue weighted by Crippen LogP contribution is -2.37. The molecule has 0 spiro atoms. The number of alkyl halides is 2. The Morgan fingerprint density at radius 2 is 2.27 bits per heavy atom. The molecular formula is C6H7F2N2O. The molecule has 1 heterocycles. The number of aliphatic hydroxyl groups excluding tert-OH is 1. The number of hydrogen-bond acceptors (Lipinski definition) is 3. The minimum Gasteiger partial charge on any atom is -0.381 e. The van der Waals surface area contributed by atoms with Crippen LogP contribution >= 0.6 is 0 Å². The van der Waals surface area contributed by atoms with Crippen molar-refractivity contribution in [1.29, 1.82) is 0 Å². The van der Waals surface area contributed by atoms with E-state index in [1.807, 2.05) is 0 Å². The third-order valence-electron chi connectivity index (χ3n) is 1.18. The first-order valence-corrected chi connectivity index (χ1v) is 2.98. The minimum absolute atomic E-state index is 0.0405. The monoisotopic (exact) mass is 161 g/mol. The van der Waals surface area contributed by atoms with Gasteiger partial charge in [-0.2, -0.15) is 0 Å². The predicted molar refractivity (Wildman–Crippen MR) is 34.2 cm³/mol. The fourth-order valence-corrected chi connectivity index (χ4v) is 0.631. The van der Waals surface area contributed by atoms with Gasteiger partial charge in [-0.05, 0) is 12.2 Å². The van der Waals surface area contributed by atoms with Crippen LogP contribution in [0.3, 0.4) is 0 Å². The molecule has 0 aliphatic carbocycles. The summed E-state index contributed by atoms with van der Waals surface area (Å²) < 4.78 is 23.6. The summed E-state index contributed by atoms with van der Waals surface area (Å²) in [6.07, 6.45) is 0.678. The molecule has 0 saturated heterocycles. The largest absolute Gasteiger partial charge is 0.381 e. The quantitative estimate of drug-likeness (QED) is 0.530. The van der Waals surface area contributed by atoms with E-state index in [-0.39, 0.29) is 5.70 Å². The Morgan fingerprint density at radius 3 is 2.73 bits per heavy atom. The summed E-state index contributed by atoms with van der Waals surface area (Å²) in [6.45, 7) is 0. The van der Waals surface area contributed by atoms with Gasteiger partial charge in [0.1, 0.15) is 0 Å². The summed E-state index contributed by atoms with van der Waals surface area (Å²) >= 11 is 0. The molecule has 0 saturated carbocycles. The van der Waals surface area contributed by atoms with Gasteiger partial charge in [0.2, 0.25) is 0 Å². The number of halogens is 2. The molecule has 0 amide bonds. The Morgan fingerprint density at radius 1 is 1.55 bits per heavy atom. The van der Waals surface area contributed by atoms with E-state index in [2.05, 4.69) is 17.1 Å². The third-order valence-corrected chi connectivity index (χ3v) is 1.18. The van der Waals surface area contributed by atoms with E-state index in [0.717, 1.165) is 0 Å². The molecular weight excluding hydrogens is 154 g/mol. The van der Waals surface area contributed by atoms with Crippen LogP contribution in [0, 0.1) is 6.20 Å². The molecule has 1 aliphatic rings. The molecule has 0 aromatic carbocycles. The molecule has 0 fully saturated rings.